The Morgan fingerprint density at radius 2 is 1.83 bits per heavy atom. The molecule has 0 aromatic rings. The molecule has 2 N–H and O–H groups in total. The minimum Gasteiger partial charge on any atom is -0.393 e. The van der Waals surface area contributed by atoms with Crippen molar-refractivity contribution in [3.8, 4) is 0 Å². The standard InChI is InChI=1S/C28H44O2/c1-19-10-14-24(29)18-23(19)13-12-22-8-7-17-28(6)25(15-16-26(22)28)20(2)9-11-21(3)27(4,5)30/h9,11-13,20-21,24-26,29-30H,1,7-8,10,14-18H2,2-6H3/b11-9+,22-12+,23-13-/t20-,21+,24+,25-,26+,28-/m1/s1/i4+1,5+1,27+1. The van der Waals surface area contributed by atoms with E-state index in [-0.39, 0.29) is 12.0 Å². The van der Waals surface area contributed by atoms with Crippen LogP contribution in [0.2, 0.25) is 0 Å². The van der Waals surface area contributed by atoms with Gasteiger partial charge in [0.1, 0.15) is 0 Å². The summed E-state index contributed by atoms with van der Waals surface area (Å²) in [6, 6.07) is 0. The van der Waals surface area contributed by atoms with Crippen molar-refractivity contribution < 1.29 is 10.2 Å². The average molecular weight is 416 g/mol. The first-order valence-electron chi connectivity index (χ1n) is 12.2. The molecule has 0 saturated heterocycles. The molecule has 0 heterocycles. The molecule has 0 aliphatic heterocycles. The van der Waals surface area contributed by atoms with Gasteiger partial charge in [-0.1, -0.05) is 62.8 Å². The molecule has 30 heavy (non-hydrogen) atoms. The maximum absolute atomic E-state index is 10.3. The Balaban J connectivity index is 1.75. The fraction of sp³-hybridized carbons (Fsp3) is 0.714. The molecule has 2 heteroatoms. The van der Waals surface area contributed by atoms with Crippen LogP contribution >= 0.6 is 0 Å². The fourth-order valence-corrected chi connectivity index (χ4v) is 6.25. The Morgan fingerprint density at radius 3 is 2.53 bits per heavy atom. The molecule has 0 radical (unpaired) electrons. The van der Waals surface area contributed by atoms with Crippen LogP contribution in [0.5, 0.6) is 0 Å². The van der Waals surface area contributed by atoms with E-state index < -0.39 is 5.60 Å². The summed E-state index contributed by atoms with van der Waals surface area (Å²) < 4.78 is 0. The Hall–Kier alpha value is -1.12. The lowest BCUT2D eigenvalue weighted by atomic mass is 9.61. The summed E-state index contributed by atoms with van der Waals surface area (Å²) in [5.41, 5.74) is 3.78. The van der Waals surface area contributed by atoms with E-state index >= 15 is 0 Å². The molecule has 2 nitrogen and oxygen atoms in total. The van der Waals surface area contributed by atoms with E-state index in [4.69, 9.17) is 0 Å². The summed E-state index contributed by atoms with van der Waals surface area (Å²) in [5, 5.41) is 20.3. The van der Waals surface area contributed by atoms with Gasteiger partial charge in [-0.05, 0) is 94.0 Å². The van der Waals surface area contributed by atoms with Gasteiger partial charge in [0.2, 0.25) is 0 Å². The molecule has 168 valence electrons. The van der Waals surface area contributed by atoms with Crippen molar-refractivity contribution in [1.82, 2.24) is 0 Å². The summed E-state index contributed by atoms with van der Waals surface area (Å²) in [4.78, 5) is 0. The second-order valence-electron chi connectivity index (χ2n) is 11.2. The fourth-order valence-electron chi connectivity index (χ4n) is 6.25. The highest BCUT2D eigenvalue weighted by molar-refractivity contribution is 5.36. The predicted molar refractivity (Wildman–Crippen MR) is 127 cm³/mol. The first-order chi connectivity index (χ1) is 14.0. The quantitative estimate of drug-likeness (QED) is 0.385. The van der Waals surface area contributed by atoms with Gasteiger partial charge in [-0.3, -0.25) is 0 Å². The SMILES string of the molecule is C=C1CC[C@H](O)C/C1=C/C=C1\CCC[C@]2(C)[C@@H]([C@H](C)/C=C/[C@H](C)[13C]([13CH3])([13CH3])O)CC[C@@H]12. The molecule has 0 aromatic heterocycles. The zero-order valence-corrected chi connectivity index (χ0v) is 20.0. The molecule has 0 amide bonds. The van der Waals surface area contributed by atoms with Crippen LogP contribution in [-0.4, -0.2) is 21.9 Å². The minimum absolute atomic E-state index is 0.164. The average Bonchev–Trinajstić information content (AvgIpc) is 3.03. The molecule has 0 aromatic carbocycles. The van der Waals surface area contributed by atoms with Gasteiger partial charge in [0, 0.05) is 5.92 Å². The van der Waals surface area contributed by atoms with Gasteiger partial charge in [-0.2, -0.15) is 0 Å². The first kappa shape index (κ1) is 23.5. The summed E-state index contributed by atoms with van der Waals surface area (Å²) in [5.74, 6) is 2.08. The third-order valence-electron chi connectivity index (χ3n) is 8.68. The van der Waals surface area contributed by atoms with Gasteiger partial charge >= 0.3 is 0 Å². The molecule has 3 rings (SSSR count). The monoisotopic (exact) mass is 415 g/mol. The van der Waals surface area contributed by atoms with E-state index in [0.29, 0.717) is 23.2 Å². The summed E-state index contributed by atoms with van der Waals surface area (Å²) >= 11 is 0. The topological polar surface area (TPSA) is 40.5 Å². The molecule has 3 fully saturated rings. The predicted octanol–water partition coefficient (Wildman–Crippen LogP) is 6.76. The third kappa shape index (κ3) is 5.02. The second-order valence-corrected chi connectivity index (χ2v) is 11.2. The number of aliphatic hydroxyl groups is 2. The number of hydrogen-bond donors (Lipinski definition) is 2. The Morgan fingerprint density at radius 1 is 1.10 bits per heavy atom. The van der Waals surface area contributed by atoms with Crippen LogP contribution in [0, 0.1) is 29.1 Å². The lowest BCUT2D eigenvalue weighted by Crippen LogP contribution is -2.35. The maximum Gasteiger partial charge on any atom is 0.0651 e. The highest BCUT2D eigenvalue weighted by Gasteiger charge is 2.50. The van der Waals surface area contributed by atoms with Crippen molar-refractivity contribution >= 4 is 0 Å². The second kappa shape index (κ2) is 9.17. The van der Waals surface area contributed by atoms with Gasteiger partial charge < -0.3 is 10.2 Å². The number of hydrogen-bond acceptors (Lipinski definition) is 2. The van der Waals surface area contributed by atoms with Crippen LogP contribution in [0.3, 0.4) is 0 Å². The highest BCUT2D eigenvalue weighted by atomic mass is 16.4. The van der Waals surface area contributed by atoms with Crippen molar-refractivity contribution in [1.29, 1.82) is 0 Å². The summed E-state index contributed by atoms with van der Waals surface area (Å²) in [6.45, 7) is 15.0. The summed E-state index contributed by atoms with van der Waals surface area (Å²) in [7, 11) is 0. The Kier molecular flexibility index (Phi) is 7.19. The molecule has 3 aliphatic rings. The van der Waals surface area contributed by atoms with Crippen LogP contribution < -0.4 is 0 Å². The Labute approximate surface area is 184 Å². The van der Waals surface area contributed by atoms with Gasteiger partial charge in [0.15, 0.2) is 0 Å². The lowest BCUT2D eigenvalue weighted by molar-refractivity contribution is 0.0436. The van der Waals surface area contributed by atoms with Crippen LogP contribution in [0.25, 0.3) is 0 Å². The molecular weight excluding hydrogens is 371 g/mol. The smallest absolute Gasteiger partial charge is 0.0651 e. The molecule has 3 saturated carbocycles. The zero-order valence-electron chi connectivity index (χ0n) is 20.0. The van der Waals surface area contributed by atoms with Crippen LogP contribution in [-0.2, 0) is 0 Å². The van der Waals surface area contributed by atoms with Crippen molar-refractivity contribution in [3.05, 3.63) is 47.6 Å². The number of allylic oxidation sites excluding steroid dienone is 5. The molecule has 0 spiro atoms. The van der Waals surface area contributed by atoms with E-state index in [9.17, 15) is 10.2 Å². The van der Waals surface area contributed by atoms with E-state index in [0.717, 1.165) is 19.3 Å². The van der Waals surface area contributed by atoms with Gasteiger partial charge in [-0.15, -0.1) is 0 Å². The van der Waals surface area contributed by atoms with E-state index in [1.165, 1.54) is 43.3 Å². The van der Waals surface area contributed by atoms with Gasteiger partial charge in [0.25, 0.3) is 0 Å². The minimum atomic E-state index is -0.663. The molecule has 3 aliphatic carbocycles. The first-order valence-corrected chi connectivity index (χ1v) is 12.2. The molecule has 6 atom stereocenters. The van der Waals surface area contributed by atoms with Crippen molar-refractivity contribution in [3.63, 3.8) is 0 Å². The van der Waals surface area contributed by atoms with Crippen molar-refractivity contribution in [2.24, 2.45) is 29.1 Å². The maximum atomic E-state index is 10.3. The molecular formula is C28H44O2. The lowest BCUT2D eigenvalue weighted by Gasteiger charge is -2.44. The van der Waals surface area contributed by atoms with Gasteiger partial charge in [-0.25, -0.2) is 0 Å². The number of fused-ring (bicyclic) bond motifs is 1. The van der Waals surface area contributed by atoms with E-state index in [1.807, 2.05) is 13.8 Å². The number of rotatable bonds is 5. The zero-order chi connectivity index (χ0) is 22.1. The molecule has 0 unspecified atom stereocenters. The van der Waals surface area contributed by atoms with Crippen molar-refractivity contribution in [2.75, 3.05) is 0 Å². The molecule has 0 bridgehead atoms. The van der Waals surface area contributed by atoms with Crippen LogP contribution in [0.15, 0.2) is 47.6 Å². The number of aliphatic hydroxyl groups excluding tert-OH is 1. The summed E-state index contributed by atoms with van der Waals surface area (Å²) in [6.07, 6.45) is 18.0. The largest absolute Gasteiger partial charge is 0.393 e. The van der Waals surface area contributed by atoms with E-state index in [1.54, 1.807) is 5.57 Å². The Bertz CT molecular complexity index is 719. The van der Waals surface area contributed by atoms with Crippen LogP contribution in [0.1, 0.15) is 86.0 Å². The highest BCUT2D eigenvalue weighted by Crippen LogP contribution is 2.59. The normalized spacial score (nSPS) is 37.7. The third-order valence-corrected chi connectivity index (χ3v) is 8.68. The van der Waals surface area contributed by atoms with Gasteiger partial charge in [0.05, 0.1) is 11.7 Å². The van der Waals surface area contributed by atoms with E-state index in [2.05, 4.69) is 51.7 Å². The van der Waals surface area contributed by atoms with Crippen LogP contribution in [0.4, 0.5) is 0 Å². The van der Waals surface area contributed by atoms with Crippen molar-refractivity contribution in [2.45, 2.75) is 97.7 Å².